The van der Waals surface area contributed by atoms with Crippen molar-refractivity contribution in [3.63, 3.8) is 0 Å². The lowest BCUT2D eigenvalue weighted by atomic mass is 10.2. The maximum absolute atomic E-state index is 12.3. The lowest BCUT2D eigenvalue weighted by Crippen LogP contribution is -2.04. The largest absolute Gasteiger partial charge is 0.497 e. The molecule has 7 heteroatoms. The first-order valence-corrected chi connectivity index (χ1v) is 4.64. The van der Waals surface area contributed by atoms with Crippen LogP contribution in [0.1, 0.15) is 5.69 Å². The van der Waals surface area contributed by atoms with Gasteiger partial charge in [0.2, 0.25) is 0 Å². The molecule has 0 fully saturated rings. The van der Waals surface area contributed by atoms with Gasteiger partial charge in [-0.25, -0.2) is 0 Å². The number of hydrogen-bond donors (Lipinski definition) is 1. The number of alkyl halides is 3. The van der Waals surface area contributed by atoms with Crippen LogP contribution < -0.4 is 4.74 Å². The van der Waals surface area contributed by atoms with Gasteiger partial charge in [-0.3, -0.25) is 10.1 Å². The number of aromatic nitrogens is 3. The summed E-state index contributed by atoms with van der Waals surface area (Å²) in [5.74, 6) is 0.506. The van der Waals surface area contributed by atoms with Crippen molar-refractivity contribution in [2.45, 2.75) is 6.18 Å². The second kappa shape index (κ2) is 4.08. The van der Waals surface area contributed by atoms with Crippen LogP contribution >= 0.6 is 0 Å². The molecule has 0 saturated carbocycles. The highest BCUT2D eigenvalue weighted by Crippen LogP contribution is 2.30. The molecular formula is C10H8F3N3O. The molecule has 0 aliphatic heterocycles. The Morgan fingerprint density at radius 3 is 2.59 bits per heavy atom. The highest BCUT2D eigenvalue weighted by atomic mass is 19.4. The summed E-state index contributed by atoms with van der Waals surface area (Å²) in [5.41, 5.74) is -0.468. The van der Waals surface area contributed by atoms with Crippen LogP contribution in [0, 0.1) is 0 Å². The van der Waals surface area contributed by atoms with Gasteiger partial charge in [0.1, 0.15) is 17.1 Å². The molecule has 1 N–H and O–H groups in total. The second-order valence-electron chi connectivity index (χ2n) is 3.25. The van der Waals surface area contributed by atoms with E-state index in [-0.39, 0.29) is 5.69 Å². The van der Waals surface area contributed by atoms with Crippen molar-refractivity contribution in [2.75, 3.05) is 7.11 Å². The van der Waals surface area contributed by atoms with Gasteiger partial charge in [-0.15, -0.1) is 0 Å². The van der Waals surface area contributed by atoms with Gasteiger partial charge in [-0.05, 0) is 12.1 Å². The van der Waals surface area contributed by atoms with Crippen LogP contribution in [-0.4, -0.2) is 22.3 Å². The van der Waals surface area contributed by atoms with Crippen LogP contribution in [0.5, 0.6) is 5.75 Å². The van der Waals surface area contributed by atoms with Gasteiger partial charge in [-0.1, -0.05) is 0 Å². The van der Waals surface area contributed by atoms with Crippen molar-refractivity contribution >= 4 is 0 Å². The summed E-state index contributed by atoms with van der Waals surface area (Å²) in [5, 5.41) is 5.49. The van der Waals surface area contributed by atoms with Gasteiger partial charge in [-0.2, -0.15) is 18.3 Å². The SMILES string of the molecule is COc1ccnc(-c2cc(C(F)(F)F)[nH]n2)c1. The molecule has 0 saturated heterocycles. The Kier molecular flexibility index (Phi) is 2.74. The number of pyridine rings is 1. The molecule has 0 aliphatic carbocycles. The number of nitrogens with one attached hydrogen (secondary N) is 1. The molecule has 2 aromatic heterocycles. The molecule has 0 aliphatic rings. The maximum Gasteiger partial charge on any atom is 0.432 e. The molecule has 0 amide bonds. The highest BCUT2D eigenvalue weighted by Gasteiger charge is 2.33. The van der Waals surface area contributed by atoms with E-state index in [9.17, 15) is 13.2 Å². The number of aromatic amines is 1. The number of H-pyrrole nitrogens is 1. The first kappa shape index (κ1) is 11.4. The minimum atomic E-state index is -4.44. The molecular weight excluding hydrogens is 235 g/mol. The smallest absolute Gasteiger partial charge is 0.432 e. The number of halogens is 3. The van der Waals surface area contributed by atoms with E-state index < -0.39 is 11.9 Å². The topological polar surface area (TPSA) is 50.8 Å². The maximum atomic E-state index is 12.3. The molecule has 2 aromatic rings. The Hall–Kier alpha value is -2.05. The molecule has 2 heterocycles. The van der Waals surface area contributed by atoms with E-state index in [2.05, 4.69) is 10.1 Å². The Morgan fingerprint density at radius 2 is 2.00 bits per heavy atom. The van der Waals surface area contributed by atoms with E-state index in [0.717, 1.165) is 6.07 Å². The molecule has 0 atom stereocenters. The van der Waals surface area contributed by atoms with Crippen LogP contribution in [0.25, 0.3) is 11.4 Å². The summed E-state index contributed by atoms with van der Waals surface area (Å²) in [6.45, 7) is 0. The van der Waals surface area contributed by atoms with E-state index in [0.29, 0.717) is 11.4 Å². The van der Waals surface area contributed by atoms with Gasteiger partial charge < -0.3 is 4.74 Å². The van der Waals surface area contributed by atoms with Gasteiger partial charge in [0.15, 0.2) is 0 Å². The second-order valence-corrected chi connectivity index (χ2v) is 3.25. The average molecular weight is 243 g/mol. The number of rotatable bonds is 2. The first-order valence-electron chi connectivity index (χ1n) is 4.64. The van der Waals surface area contributed by atoms with Gasteiger partial charge in [0, 0.05) is 12.3 Å². The first-order chi connectivity index (χ1) is 8.00. The van der Waals surface area contributed by atoms with Crippen molar-refractivity contribution in [3.8, 4) is 17.1 Å². The van der Waals surface area contributed by atoms with Crippen molar-refractivity contribution in [1.29, 1.82) is 0 Å². The fourth-order valence-electron chi connectivity index (χ4n) is 1.28. The minimum absolute atomic E-state index is 0.122. The van der Waals surface area contributed by atoms with Crippen LogP contribution in [0.15, 0.2) is 24.4 Å². The van der Waals surface area contributed by atoms with Crippen molar-refractivity contribution in [1.82, 2.24) is 15.2 Å². The quantitative estimate of drug-likeness (QED) is 0.881. The summed E-state index contributed by atoms with van der Waals surface area (Å²) < 4.78 is 42.0. The molecule has 17 heavy (non-hydrogen) atoms. The van der Waals surface area contributed by atoms with Crippen molar-refractivity contribution in [2.24, 2.45) is 0 Å². The zero-order chi connectivity index (χ0) is 12.5. The molecule has 0 spiro atoms. The zero-order valence-electron chi connectivity index (χ0n) is 8.75. The van der Waals surface area contributed by atoms with E-state index >= 15 is 0 Å². The summed E-state index contributed by atoms with van der Waals surface area (Å²) in [6.07, 6.45) is -3.00. The monoisotopic (exact) mass is 243 g/mol. The number of methoxy groups -OCH3 is 1. The number of hydrogen-bond acceptors (Lipinski definition) is 3. The fraction of sp³-hybridized carbons (Fsp3) is 0.200. The Morgan fingerprint density at radius 1 is 1.24 bits per heavy atom. The zero-order valence-corrected chi connectivity index (χ0v) is 8.75. The molecule has 4 nitrogen and oxygen atoms in total. The van der Waals surface area contributed by atoms with Crippen LogP contribution in [-0.2, 0) is 6.18 Å². The molecule has 0 aromatic carbocycles. The molecule has 2 rings (SSSR count). The molecule has 0 unspecified atom stereocenters. The van der Waals surface area contributed by atoms with E-state index in [1.165, 1.54) is 19.4 Å². The standard InChI is InChI=1S/C10H8F3N3O/c1-17-6-2-3-14-7(4-6)8-5-9(16-15-8)10(11,12)13/h2-5H,1H3,(H,15,16). The van der Waals surface area contributed by atoms with Crippen molar-refractivity contribution < 1.29 is 17.9 Å². The third kappa shape index (κ3) is 2.38. The van der Waals surface area contributed by atoms with Gasteiger partial charge >= 0.3 is 6.18 Å². The predicted molar refractivity (Wildman–Crippen MR) is 53.4 cm³/mol. The summed E-state index contributed by atoms with van der Waals surface area (Å²) in [4.78, 5) is 3.92. The van der Waals surface area contributed by atoms with E-state index in [4.69, 9.17) is 4.74 Å². The Labute approximate surface area is 94.4 Å². The number of nitrogens with zero attached hydrogens (tertiary/aromatic N) is 2. The minimum Gasteiger partial charge on any atom is -0.497 e. The Balaban J connectivity index is 2.37. The normalized spacial score (nSPS) is 11.5. The van der Waals surface area contributed by atoms with Gasteiger partial charge in [0.25, 0.3) is 0 Å². The summed E-state index contributed by atoms with van der Waals surface area (Å²) in [6, 6.07) is 4.01. The third-order valence-electron chi connectivity index (χ3n) is 2.11. The van der Waals surface area contributed by atoms with Crippen molar-refractivity contribution in [3.05, 3.63) is 30.1 Å². The van der Waals surface area contributed by atoms with E-state index in [1.807, 2.05) is 5.10 Å². The van der Waals surface area contributed by atoms with E-state index in [1.54, 1.807) is 6.07 Å². The predicted octanol–water partition coefficient (Wildman–Crippen LogP) is 2.50. The van der Waals surface area contributed by atoms with Crippen LogP contribution in [0.2, 0.25) is 0 Å². The third-order valence-corrected chi connectivity index (χ3v) is 2.11. The number of ether oxygens (including phenoxy) is 1. The summed E-state index contributed by atoms with van der Waals surface area (Å²) >= 11 is 0. The molecule has 90 valence electrons. The lowest BCUT2D eigenvalue weighted by molar-refractivity contribution is -0.141. The van der Waals surface area contributed by atoms with Crippen LogP contribution in [0.4, 0.5) is 13.2 Å². The average Bonchev–Trinajstić information content (AvgIpc) is 2.78. The molecule has 0 radical (unpaired) electrons. The molecule has 0 bridgehead atoms. The Bertz CT molecular complexity index is 522. The van der Waals surface area contributed by atoms with Crippen LogP contribution in [0.3, 0.4) is 0 Å². The highest BCUT2D eigenvalue weighted by molar-refractivity contribution is 5.56. The summed E-state index contributed by atoms with van der Waals surface area (Å²) in [7, 11) is 1.46. The lowest BCUT2D eigenvalue weighted by Gasteiger charge is -2.01. The van der Waals surface area contributed by atoms with Gasteiger partial charge in [0.05, 0.1) is 12.8 Å². The fourth-order valence-corrected chi connectivity index (χ4v) is 1.28.